The van der Waals surface area contributed by atoms with Crippen molar-refractivity contribution in [3.05, 3.63) is 0 Å². The minimum Gasteiger partial charge on any atom is -0.392 e. The highest BCUT2D eigenvalue weighted by Gasteiger charge is 2.40. The monoisotopic (exact) mass is 293 g/mol. The Hall–Kier alpha value is -0.240. The zero-order chi connectivity index (χ0) is 14.0. The van der Waals surface area contributed by atoms with Crippen molar-refractivity contribution in [1.82, 2.24) is 9.03 Å². The van der Waals surface area contributed by atoms with Gasteiger partial charge in [-0.15, -0.1) is 0 Å². The van der Waals surface area contributed by atoms with E-state index >= 15 is 0 Å². The van der Waals surface area contributed by atoms with Crippen molar-refractivity contribution in [2.45, 2.75) is 57.5 Å². The molecule has 0 amide bonds. The summed E-state index contributed by atoms with van der Waals surface area (Å²) < 4.78 is 28.5. The standard InChI is InChI=1S/C11H23N3O2S2/c1-9(2)14(3)18(15,16)13-11(10(12)17)7-5-4-6-8-11/h9,13H,4-8H2,1-3H3,(H2,12,17). The van der Waals surface area contributed by atoms with E-state index in [1.165, 1.54) is 4.31 Å². The summed E-state index contributed by atoms with van der Waals surface area (Å²) in [6, 6.07) is -0.102. The van der Waals surface area contributed by atoms with Crippen LogP contribution in [0.15, 0.2) is 0 Å². The largest absolute Gasteiger partial charge is 0.392 e. The van der Waals surface area contributed by atoms with Crippen molar-refractivity contribution in [3.63, 3.8) is 0 Å². The number of hydrogen-bond acceptors (Lipinski definition) is 3. The zero-order valence-electron chi connectivity index (χ0n) is 11.3. The molecule has 5 nitrogen and oxygen atoms in total. The molecule has 0 bridgehead atoms. The van der Waals surface area contributed by atoms with Crippen LogP contribution < -0.4 is 10.5 Å². The minimum atomic E-state index is -3.55. The summed E-state index contributed by atoms with van der Waals surface area (Å²) in [6.07, 6.45) is 4.38. The SMILES string of the molecule is CC(C)N(C)S(=O)(=O)NC1(C(N)=S)CCCCC1. The van der Waals surface area contributed by atoms with Gasteiger partial charge in [0.1, 0.15) is 0 Å². The average Bonchev–Trinajstić information content (AvgIpc) is 2.28. The van der Waals surface area contributed by atoms with Crippen LogP contribution in [0.1, 0.15) is 46.0 Å². The van der Waals surface area contributed by atoms with Gasteiger partial charge in [0.05, 0.1) is 10.5 Å². The van der Waals surface area contributed by atoms with E-state index in [4.69, 9.17) is 18.0 Å². The van der Waals surface area contributed by atoms with Gasteiger partial charge in [-0.2, -0.15) is 17.4 Å². The van der Waals surface area contributed by atoms with E-state index in [0.29, 0.717) is 12.8 Å². The van der Waals surface area contributed by atoms with Gasteiger partial charge in [-0.25, -0.2) is 0 Å². The van der Waals surface area contributed by atoms with Gasteiger partial charge in [0.25, 0.3) is 10.2 Å². The second kappa shape index (κ2) is 5.81. The maximum Gasteiger partial charge on any atom is 0.280 e. The Balaban J connectivity index is 2.94. The summed E-state index contributed by atoms with van der Waals surface area (Å²) in [5.41, 5.74) is 5.03. The fourth-order valence-corrected chi connectivity index (χ4v) is 3.98. The molecule has 0 atom stereocenters. The first-order valence-corrected chi connectivity index (χ1v) is 8.13. The molecular formula is C11H23N3O2S2. The molecule has 0 unspecified atom stereocenters. The number of thiocarbonyl (C=S) groups is 1. The highest BCUT2D eigenvalue weighted by molar-refractivity contribution is 7.87. The molecule has 1 saturated carbocycles. The lowest BCUT2D eigenvalue weighted by Gasteiger charge is -2.38. The molecule has 0 heterocycles. The van der Waals surface area contributed by atoms with Crippen molar-refractivity contribution >= 4 is 27.4 Å². The first-order chi connectivity index (χ1) is 8.21. The van der Waals surface area contributed by atoms with Gasteiger partial charge in [-0.1, -0.05) is 31.5 Å². The molecule has 0 saturated heterocycles. The lowest BCUT2D eigenvalue weighted by atomic mass is 9.82. The summed E-state index contributed by atoms with van der Waals surface area (Å²) in [6.45, 7) is 3.65. The molecule has 0 aromatic carbocycles. The summed E-state index contributed by atoms with van der Waals surface area (Å²) in [7, 11) is -1.99. The third-order valence-electron chi connectivity index (χ3n) is 3.61. The first-order valence-electron chi connectivity index (χ1n) is 6.28. The van der Waals surface area contributed by atoms with Crippen molar-refractivity contribution in [2.75, 3.05) is 7.05 Å². The third kappa shape index (κ3) is 3.40. The predicted molar refractivity (Wildman–Crippen MR) is 77.6 cm³/mol. The number of hydrogen-bond donors (Lipinski definition) is 2. The Labute approximate surface area is 115 Å². The molecule has 0 spiro atoms. The molecule has 3 N–H and O–H groups in total. The Morgan fingerprint density at radius 3 is 2.22 bits per heavy atom. The Bertz CT molecular complexity index is 401. The zero-order valence-corrected chi connectivity index (χ0v) is 12.9. The smallest absolute Gasteiger partial charge is 0.280 e. The molecule has 7 heteroatoms. The molecule has 106 valence electrons. The van der Waals surface area contributed by atoms with Gasteiger partial charge in [-0.3, -0.25) is 0 Å². The summed E-state index contributed by atoms with van der Waals surface area (Å²) >= 11 is 5.08. The second-order valence-electron chi connectivity index (χ2n) is 5.22. The van der Waals surface area contributed by atoms with Crippen LogP contribution in [-0.2, 0) is 10.2 Å². The quantitative estimate of drug-likeness (QED) is 0.746. The van der Waals surface area contributed by atoms with Crippen LogP contribution in [0.3, 0.4) is 0 Å². The third-order valence-corrected chi connectivity index (χ3v) is 5.83. The van der Waals surface area contributed by atoms with Crippen LogP contribution >= 0.6 is 12.2 Å². The maximum atomic E-state index is 12.2. The second-order valence-corrected chi connectivity index (χ2v) is 7.39. The topological polar surface area (TPSA) is 75.4 Å². The molecule has 18 heavy (non-hydrogen) atoms. The van der Waals surface area contributed by atoms with Crippen molar-refractivity contribution in [1.29, 1.82) is 0 Å². The Morgan fingerprint density at radius 2 is 1.83 bits per heavy atom. The van der Waals surface area contributed by atoms with Crippen molar-refractivity contribution in [2.24, 2.45) is 5.73 Å². The molecular weight excluding hydrogens is 270 g/mol. The molecule has 0 aromatic heterocycles. The number of nitrogens with zero attached hydrogens (tertiary/aromatic N) is 1. The van der Waals surface area contributed by atoms with Crippen LogP contribution in [0, 0.1) is 0 Å². The van der Waals surface area contributed by atoms with Gasteiger partial charge in [0.15, 0.2) is 0 Å². The Kier molecular flexibility index (Phi) is 5.11. The molecule has 0 radical (unpaired) electrons. The van der Waals surface area contributed by atoms with Crippen LogP contribution in [-0.4, -0.2) is 36.3 Å². The normalized spacial score (nSPS) is 20.3. The van der Waals surface area contributed by atoms with E-state index in [2.05, 4.69) is 4.72 Å². The number of rotatable bonds is 5. The van der Waals surface area contributed by atoms with Gasteiger partial charge < -0.3 is 5.73 Å². The molecule has 0 aliphatic heterocycles. The van der Waals surface area contributed by atoms with E-state index < -0.39 is 15.7 Å². The number of nitrogens with two attached hydrogens (primary N) is 1. The van der Waals surface area contributed by atoms with Crippen molar-refractivity contribution in [3.8, 4) is 0 Å². The fourth-order valence-electron chi connectivity index (χ4n) is 2.15. The highest BCUT2D eigenvalue weighted by Crippen LogP contribution is 2.29. The summed E-state index contributed by atoms with van der Waals surface area (Å²) in [4.78, 5) is 0.253. The number of nitrogens with one attached hydrogen (secondary N) is 1. The summed E-state index contributed by atoms with van der Waals surface area (Å²) in [5, 5.41) is 0. The van der Waals surface area contributed by atoms with Crippen LogP contribution in [0.2, 0.25) is 0 Å². The van der Waals surface area contributed by atoms with E-state index in [0.717, 1.165) is 19.3 Å². The summed E-state index contributed by atoms with van der Waals surface area (Å²) in [5.74, 6) is 0. The van der Waals surface area contributed by atoms with Crippen LogP contribution in [0.4, 0.5) is 0 Å². The van der Waals surface area contributed by atoms with Gasteiger partial charge in [-0.05, 0) is 26.7 Å². The average molecular weight is 293 g/mol. The van der Waals surface area contributed by atoms with Gasteiger partial charge in [0, 0.05) is 13.1 Å². The fraction of sp³-hybridized carbons (Fsp3) is 0.909. The molecule has 0 aromatic rings. The van der Waals surface area contributed by atoms with E-state index in [1.54, 1.807) is 7.05 Å². The minimum absolute atomic E-state index is 0.102. The molecule has 1 aliphatic rings. The lowest BCUT2D eigenvalue weighted by molar-refractivity contribution is 0.332. The van der Waals surface area contributed by atoms with E-state index in [-0.39, 0.29) is 11.0 Å². The van der Waals surface area contributed by atoms with Gasteiger partial charge >= 0.3 is 0 Å². The van der Waals surface area contributed by atoms with Crippen LogP contribution in [0.25, 0.3) is 0 Å². The van der Waals surface area contributed by atoms with Crippen LogP contribution in [0.5, 0.6) is 0 Å². The highest BCUT2D eigenvalue weighted by atomic mass is 32.2. The van der Waals surface area contributed by atoms with E-state index in [9.17, 15) is 8.42 Å². The molecule has 1 rings (SSSR count). The predicted octanol–water partition coefficient (Wildman–Crippen LogP) is 1.15. The molecule has 1 aliphatic carbocycles. The maximum absolute atomic E-state index is 12.2. The van der Waals surface area contributed by atoms with Crippen molar-refractivity contribution < 1.29 is 8.42 Å². The molecule has 1 fully saturated rings. The lowest BCUT2D eigenvalue weighted by Crippen LogP contribution is -2.60. The van der Waals surface area contributed by atoms with E-state index in [1.807, 2.05) is 13.8 Å². The van der Waals surface area contributed by atoms with Gasteiger partial charge in [0.2, 0.25) is 0 Å². The Morgan fingerprint density at radius 1 is 1.33 bits per heavy atom. The first kappa shape index (κ1) is 15.8.